The smallest absolute Gasteiger partial charge is 0.336 e. The Kier molecular flexibility index (Phi) is 4.28. The molecule has 3 nitrogen and oxygen atoms in total. The van der Waals surface area contributed by atoms with E-state index in [0.29, 0.717) is 11.6 Å². The van der Waals surface area contributed by atoms with Crippen LogP contribution in [0.2, 0.25) is 5.02 Å². The van der Waals surface area contributed by atoms with Gasteiger partial charge < -0.3 is 9.32 Å². The Balaban J connectivity index is 2.12. The number of hydrogen-bond acceptors (Lipinski definition) is 2. The van der Waals surface area contributed by atoms with Gasteiger partial charge in [0.05, 0.1) is 12.6 Å². The summed E-state index contributed by atoms with van der Waals surface area (Å²) in [6.45, 7) is 8.28. The third kappa shape index (κ3) is 2.80. The number of benzene rings is 1. The van der Waals surface area contributed by atoms with Crippen molar-refractivity contribution in [1.29, 1.82) is 0 Å². The number of fused-ring (bicyclic) bond motifs is 1. The van der Waals surface area contributed by atoms with Crippen LogP contribution in [0.4, 0.5) is 0 Å². The second-order valence-electron chi connectivity index (χ2n) is 6.58. The lowest BCUT2D eigenvalue weighted by molar-refractivity contribution is -0.941. The van der Waals surface area contributed by atoms with Gasteiger partial charge >= 0.3 is 5.63 Å². The topological polar surface area (TPSA) is 34.6 Å². The summed E-state index contributed by atoms with van der Waals surface area (Å²) in [5, 5.41) is 1.78. The Bertz CT molecular complexity index is 766. The molecule has 0 bridgehead atoms. The number of rotatable bonds is 2. The van der Waals surface area contributed by atoms with E-state index < -0.39 is 0 Å². The van der Waals surface area contributed by atoms with Crippen LogP contribution in [0.3, 0.4) is 0 Å². The fraction of sp³-hybridized carbons (Fsp3) is 0.500. The van der Waals surface area contributed by atoms with Crippen molar-refractivity contribution in [3.8, 4) is 0 Å². The van der Waals surface area contributed by atoms with Crippen molar-refractivity contribution in [3.63, 3.8) is 0 Å². The van der Waals surface area contributed by atoms with Crippen LogP contribution in [0.1, 0.15) is 42.9 Å². The summed E-state index contributed by atoms with van der Waals surface area (Å²) in [6, 6.07) is 4.16. The van der Waals surface area contributed by atoms with E-state index in [9.17, 15) is 4.79 Å². The zero-order valence-electron chi connectivity index (χ0n) is 13.5. The van der Waals surface area contributed by atoms with Gasteiger partial charge in [0.2, 0.25) is 0 Å². The van der Waals surface area contributed by atoms with Gasteiger partial charge in [-0.25, -0.2) is 4.79 Å². The number of nitrogens with one attached hydrogen (secondary N) is 1. The van der Waals surface area contributed by atoms with Crippen molar-refractivity contribution in [2.24, 2.45) is 0 Å². The predicted octanol–water partition coefficient (Wildman–Crippen LogP) is 3.02. The lowest BCUT2D eigenvalue weighted by atomic mass is 9.99. The molecular weight excluding hydrogens is 298 g/mol. The molecule has 2 atom stereocenters. The number of halogens is 1. The minimum Gasteiger partial charge on any atom is -0.423 e. The summed E-state index contributed by atoms with van der Waals surface area (Å²) in [7, 11) is 0. The highest BCUT2D eigenvalue weighted by atomic mass is 35.5. The number of likely N-dealkylation sites (tertiary alicyclic amines) is 1. The molecule has 0 radical (unpaired) electrons. The Morgan fingerprint density at radius 2 is 2.09 bits per heavy atom. The number of aryl methyl sites for hydroxylation is 2. The van der Waals surface area contributed by atoms with Gasteiger partial charge in [0.1, 0.15) is 12.1 Å². The van der Waals surface area contributed by atoms with Crippen LogP contribution in [-0.4, -0.2) is 12.6 Å². The molecule has 3 rings (SSSR count). The molecule has 0 amide bonds. The first-order chi connectivity index (χ1) is 10.5. The minimum absolute atomic E-state index is 0.271. The summed E-state index contributed by atoms with van der Waals surface area (Å²) in [5.74, 6) is 0. The van der Waals surface area contributed by atoms with Crippen LogP contribution in [0.5, 0.6) is 0 Å². The third-order valence-corrected chi connectivity index (χ3v) is 5.55. The van der Waals surface area contributed by atoms with Crippen LogP contribution < -0.4 is 10.5 Å². The summed E-state index contributed by atoms with van der Waals surface area (Å²) in [4.78, 5) is 13.5. The van der Waals surface area contributed by atoms with E-state index in [1.807, 2.05) is 19.9 Å². The van der Waals surface area contributed by atoms with Crippen molar-refractivity contribution < 1.29 is 9.32 Å². The van der Waals surface area contributed by atoms with E-state index in [2.05, 4.69) is 6.92 Å². The molecule has 1 N–H and O–H groups in total. The van der Waals surface area contributed by atoms with Gasteiger partial charge in [-0.1, -0.05) is 11.6 Å². The second kappa shape index (κ2) is 6.05. The monoisotopic (exact) mass is 320 g/mol. The van der Waals surface area contributed by atoms with Crippen molar-refractivity contribution >= 4 is 22.6 Å². The van der Waals surface area contributed by atoms with Gasteiger partial charge in [-0.15, -0.1) is 0 Å². The van der Waals surface area contributed by atoms with E-state index >= 15 is 0 Å². The van der Waals surface area contributed by atoms with E-state index in [1.54, 1.807) is 11.0 Å². The molecular formula is C18H23ClNO2+. The van der Waals surface area contributed by atoms with Crippen LogP contribution in [0.15, 0.2) is 21.3 Å². The largest absolute Gasteiger partial charge is 0.423 e. The molecule has 1 aromatic heterocycles. The molecule has 4 heteroatoms. The zero-order chi connectivity index (χ0) is 15.9. The highest BCUT2D eigenvalue weighted by Gasteiger charge is 2.24. The fourth-order valence-corrected chi connectivity index (χ4v) is 3.80. The molecule has 0 aliphatic carbocycles. The Morgan fingerprint density at radius 3 is 2.82 bits per heavy atom. The minimum atomic E-state index is -0.271. The molecule has 0 saturated carbocycles. The van der Waals surface area contributed by atoms with Gasteiger partial charge in [-0.3, -0.25) is 0 Å². The van der Waals surface area contributed by atoms with Crippen LogP contribution in [0.25, 0.3) is 11.0 Å². The molecule has 2 heterocycles. The van der Waals surface area contributed by atoms with Gasteiger partial charge in [0.15, 0.2) is 0 Å². The first-order valence-corrected chi connectivity index (χ1v) is 8.42. The first kappa shape index (κ1) is 15.6. The van der Waals surface area contributed by atoms with Crippen molar-refractivity contribution in [3.05, 3.63) is 44.3 Å². The second-order valence-corrected chi connectivity index (χ2v) is 6.96. The number of piperidine rings is 1. The molecule has 1 aliphatic heterocycles. The highest BCUT2D eigenvalue weighted by molar-refractivity contribution is 6.33. The summed E-state index contributed by atoms with van der Waals surface area (Å²) >= 11 is 6.41. The predicted molar refractivity (Wildman–Crippen MR) is 89.8 cm³/mol. The molecule has 118 valence electrons. The van der Waals surface area contributed by atoms with E-state index in [1.165, 1.54) is 25.8 Å². The molecule has 0 spiro atoms. The molecule has 22 heavy (non-hydrogen) atoms. The third-order valence-electron chi connectivity index (χ3n) is 4.97. The maximum atomic E-state index is 11.9. The maximum absolute atomic E-state index is 11.9. The molecule has 1 unspecified atom stereocenters. The van der Waals surface area contributed by atoms with Crippen LogP contribution in [0, 0.1) is 13.8 Å². The molecule has 2 aromatic rings. The average molecular weight is 321 g/mol. The molecule has 1 fully saturated rings. The SMILES string of the molecule is Cc1cc2oc(=O)cc(C[NH+]3CCCC[C@H]3C)c2c(C)c1Cl. The van der Waals surface area contributed by atoms with Crippen LogP contribution in [-0.2, 0) is 6.54 Å². The lowest BCUT2D eigenvalue weighted by Crippen LogP contribution is -3.14. The number of quaternary nitrogens is 1. The Labute approximate surface area is 135 Å². The van der Waals surface area contributed by atoms with Gasteiger partial charge in [0, 0.05) is 22.0 Å². The summed E-state index contributed by atoms with van der Waals surface area (Å²) in [5.41, 5.74) is 3.41. The van der Waals surface area contributed by atoms with Crippen molar-refractivity contribution in [2.45, 2.75) is 52.6 Å². The van der Waals surface area contributed by atoms with Crippen LogP contribution >= 0.6 is 11.6 Å². The average Bonchev–Trinajstić information content (AvgIpc) is 2.46. The van der Waals surface area contributed by atoms with Crippen molar-refractivity contribution in [2.75, 3.05) is 6.54 Å². The maximum Gasteiger partial charge on any atom is 0.336 e. The molecule has 1 aliphatic rings. The van der Waals surface area contributed by atoms with Gasteiger partial charge in [-0.2, -0.15) is 0 Å². The van der Waals surface area contributed by atoms with E-state index in [-0.39, 0.29) is 5.63 Å². The van der Waals surface area contributed by atoms with E-state index in [4.69, 9.17) is 16.0 Å². The van der Waals surface area contributed by atoms with E-state index in [0.717, 1.165) is 33.6 Å². The van der Waals surface area contributed by atoms with Gasteiger partial charge in [0.25, 0.3) is 0 Å². The standard InChI is InChI=1S/C18H22ClNO2/c1-11-8-15-17(13(3)18(11)19)14(9-16(21)22-15)10-20-7-5-4-6-12(20)2/h8-9,12H,4-7,10H2,1-3H3/p+1/t12-/m1/s1. The Hall–Kier alpha value is -1.32. The van der Waals surface area contributed by atoms with Crippen molar-refractivity contribution in [1.82, 2.24) is 0 Å². The highest BCUT2D eigenvalue weighted by Crippen LogP contribution is 2.30. The lowest BCUT2D eigenvalue weighted by Gasteiger charge is -2.30. The normalized spacial score (nSPS) is 22.2. The summed E-state index contributed by atoms with van der Waals surface area (Å²) in [6.07, 6.45) is 3.83. The molecule has 1 saturated heterocycles. The zero-order valence-corrected chi connectivity index (χ0v) is 14.2. The molecule has 1 aromatic carbocycles. The fourth-order valence-electron chi connectivity index (χ4n) is 3.65. The quantitative estimate of drug-likeness (QED) is 0.863. The summed E-state index contributed by atoms with van der Waals surface area (Å²) < 4.78 is 5.41. The number of hydrogen-bond donors (Lipinski definition) is 1. The van der Waals surface area contributed by atoms with Gasteiger partial charge in [-0.05, 0) is 57.2 Å². The first-order valence-electron chi connectivity index (χ1n) is 8.04. The Morgan fingerprint density at radius 1 is 1.32 bits per heavy atom.